The Morgan fingerprint density at radius 1 is 1.03 bits per heavy atom. The van der Waals surface area contributed by atoms with Gasteiger partial charge in [0.05, 0.1) is 11.3 Å². The Kier molecular flexibility index (Phi) is 5.08. The number of carbonyl (C=O) groups is 2. The number of aromatic hydroxyl groups is 1. The predicted octanol–water partition coefficient (Wildman–Crippen LogP) is 4.11. The van der Waals surface area contributed by atoms with Gasteiger partial charge in [-0.2, -0.15) is 5.26 Å². The number of allylic oxidation sites excluding steroid dienone is 1. The van der Waals surface area contributed by atoms with E-state index in [0.717, 1.165) is 4.57 Å². The molecule has 4 rings (SSSR count). The zero-order valence-corrected chi connectivity index (χ0v) is 17.0. The lowest BCUT2D eigenvalue weighted by molar-refractivity contribution is 0.0979. The van der Waals surface area contributed by atoms with E-state index < -0.39 is 11.4 Å². The van der Waals surface area contributed by atoms with Crippen LogP contribution in [0.4, 0.5) is 11.4 Å². The van der Waals surface area contributed by atoms with Crippen molar-refractivity contribution in [3.05, 3.63) is 98.9 Å². The highest BCUT2D eigenvalue weighted by Crippen LogP contribution is 2.34. The fraction of sp³-hybridized carbons (Fsp3) is 0.0833. The van der Waals surface area contributed by atoms with E-state index in [9.17, 15) is 24.8 Å². The summed E-state index contributed by atoms with van der Waals surface area (Å²) in [4.78, 5) is 38.8. The predicted molar refractivity (Wildman–Crippen MR) is 116 cm³/mol. The molecule has 1 N–H and O–H groups in total. The molecule has 1 aliphatic rings. The second-order valence-electron chi connectivity index (χ2n) is 7.09. The molecule has 8 nitrogen and oxygen atoms in total. The molecule has 0 unspecified atom stereocenters. The number of benzene rings is 2. The maximum Gasteiger partial charge on any atom is 0.281 e. The summed E-state index contributed by atoms with van der Waals surface area (Å²) in [5.74, 6) is -1.15. The van der Waals surface area contributed by atoms with E-state index in [2.05, 4.69) is 16.8 Å². The zero-order valence-electron chi connectivity index (χ0n) is 17.0. The van der Waals surface area contributed by atoms with Crippen LogP contribution >= 0.6 is 0 Å². The van der Waals surface area contributed by atoms with Crippen LogP contribution in [0.15, 0.2) is 70.1 Å². The van der Waals surface area contributed by atoms with Gasteiger partial charge in [-0.05, 0) is 13.0 Å². The van der Waals surface area contributed by atoms with Crippen LogP contribution < -0.4 is 5.56 Å². The number of fused-ring (bicyclic) bond motifs is 2. The first-order valence-electron chi connectivity index (χ1n) is 9.61. The van der Waals surface area contributed by atoms with Gasteiger partial charge in [-0.25, -0.2) is 0 Å². The van der Waals surface area contributed by atoms with Gasteiger partial charge < -0.3 is 5.11 Å². The number of aromatic nitrogens is 1. The molecule has 0 saturated carbocycles. The van der Waals surface area contributed by atoms with Gasteiger partial charge in [0.2, 0.25) is 5.88 Å². The Bertz CT molecular complexity index is 1460. The Morgan fingerprint density at radius 3 is 2.34 bits per heavy atom. The number of nitriles is 1. The molecule has 0 atom stereocenters. The molecule has 1 aliphatic carbocycles. The topological polar surface area (TPSA) is 125 Å². The summed E-state index contributed by atoms with van der Waals surface area (Å²) in [6.45, 7) is 4.98. The van der Waals surface area contributed by atoms with Crippen LogP contribution in [0.25, 0.3) is 0 Å². The van der Waals surface area contributed by atoms with Gasteiger partial charge in [0, 0.05) is 28.8 Å². The summed E-state index contributed by atoms with van der Waals surface area (Å²) in [6, 6.07) is 13.0. The lowest BCUT2D eigenvalue weighted by Crippen LogP contribution is -2.21. The second-order valence-corrected chi connectivity index (χ2v) is 7.09. The monoisotopic (exact) mass is 424 g/mol. The van der Waals surface area contributed by atoms with Crippen molar-refractivity contribution in [3.8, 4) is 11.9 Å². The fourth-order valence-corrected chi connectivity index (χ4v) is 3.67. The summed E-state index contributed by atoms with van der Waals surface area (Å²) >= 11 is 0. The maximum atomic E-state index is 13.1. The minimum Gasteiger partial charge on any atom is -0.493 e. The molecule has 0 radical (unpaired) electrons. The minimum absolute atomic E-state index is 0.0351. The highest BCUT2D eigenvalue weighted by atomic mass is 16.3. The third-order valence-corrected chi connectivity index (χ3v) is 5.27. The molecule has 1 aromatic heterocycles. The van der Waals surface area contributed by atoms with Crippen LogP contribution in [-0.2, 0) is 6.54 Å². The lowest BCUT2D eigenvalue weighted by Gasteiger charge is -2.18. The first kappa shape index (κ1) is 20.6. The van der Waals surface area contributed by atoms with Crippen molar-refractivity contribution in [1.82, 2.24) is 4.57 Å². The normalized spacial score (nSPS) is 12.4. The molecular formula is C24H16N4O4. The molecule has 0 fully saturated rings. The van der Waals surface area contributed by atoms with E-state index in [1.165, 1.54) is 19.1 Å². The van der Waals surface area contributed by atoms with E-state index in [-0.39, 0.29) is 57.3 Å². The number of hydrogen-bond donors (Lipinski definition) is 1. The molecule has 156 valence electrons. The number of hydrogen-bond acceptors (Lipinski definition) is 7. The third-order valence-electron chi connectivity index (χ3n) is 5.27. The molecule has 0 saturated heterocycles. The van der Waals surface area contributed by atoms with Gasteiger partial charge in [-0.3, -0.25) is 19.0 Å². The SMILES string of the molecule is C=CCn1c(O)c(C#N)c(C)c(N=Nc2cccc3c2C(=O)c2ccccc2C3=O)c1=O. The van der Waals surface area contributed by atoms with Crippen molar-refractivity contribution in [2.45, 2.75) is 13.5 Å². The number of pyridine rings is 1. The summed E-state index contributed by atoms with van der Waals surface area (Å²) < 4.78 is 0.957. The average Bonchev–Trinajstić information content (AvgIpc) is 2.80. The van der Waals surface area contributed by atoms with Gasteiger partial charge in [0.25, 0.3) is 5.56 Å². The molecular weight excluding hydrogens is 408 g/mol. The Labute approximate surface area is 182 Å². The van der Waals surface area contributed by atoms with Crippen LogP contribution in [0.1, 0.15) is 43.0 Å². The maximum absolute atomic E-state index is 13.1. The van der Waals surface area contributed by atoms with Crippen molar-refractivity contribution in [2.75, 3.05) is 0 Å². The Balaban J connectivity index is 1.89. The van der Waals surface area contributed by atoms with Crippen LogP contribution in [0.2, 0.25) is 0 Å². The highest BCUT2D eigenvalue weighted by molar-refractivity contribution is 6.29. The smallest absolute Gasteiger partial charge is 0.281 e. The van der Waals surface area contributed by atoms with Crippen LogP contribution in [0.3, 0.4) is 0 Å². The minimum atomic E-state index is -0.666. The van der Waals surface area contributed by atoms with Crippen molar-refractivity contribution < 1.29 is 14.7 Å². The summed E-state index contributed by atoms with van der Waals surface area (Å²) in [6.07, 6.45) is 1.40. The lowest BCUT2D eigenvalue weighted by atomic mass is 9.83. The van der Waals surface area contributed by atoms with Crippen molar-refractivity contribution in [2.24, 2.45) is 10.2 Å². The van der Waals surface area contributed by atoms with Crippen molar-refractivity contribution in [1.29, 1.82) is 5.26 Å². The summed E-state index contributed by atoms with van der Waals surface area (Å²) in [7, 11) is 0. The molecule has 0 bridgehead atoms. The second kappa shape index (κ2) is 7.89. The molecule has 3 aromatic rings. The molecule has 2 aromatic carbocycles. The first-order valence-corrected chi connectivity index (χ1v) is 9.61. The summed E-state index contributed by atoms with van der Waals surface area (Å²) in [5, 5.41) is 27.8. The molecule has 8 heteroatoms. The Hall–Kier alpha value is -4.64. The van der Waals surface area contributed by atoms with Gasteiger partial charge in [-0.1, -0.05) is 42.5 Å². The molecule has 1 heterocycles. The van der Waals surface area contributed by atoms with E-state index in [1.807, 2.05) is 6.07 Å². The third kappa shape index (κ3) is 3.04. The fourth-order valence-electron chi connectivity index (χ4n) is 3.67. The average molecular weight is 424 g/mol. The standard InChI is InChI=1S/C24H16N4O4/c1-3-11-28-23(31)17(12-25)13(2)20(24(28)32)27-26-18-10-6-9-16-19(18)22(30)15-8-5-4-7-14(15)21(16)29/h3-10,31H,1,11H2,2H3. The first-order chi connectivity index (χ1) is 15.4. The van der Waals surface area contributed by atoms with Gasteiger partial charge >= 0.3 is 0 Å². The molecule has 0 aliphatic heterocycles. The van der Waals surface area contributed by atoms with Gasteiger partial charge in [0.15, 0.2) is 17.3 Å². The number of ketones is 2. The largest absolute Gasteiger partial charge is 0.493 e. The molecule has 32 heavy (non-hydrogen) atoms. The molecule has 0 spiro atoms. The van der Waals surface area contributed by atoms with Crippen molar-refractivity contribution in [3.63, 3.8) is 0 Å². The quantitative estimate of drug-likeness (QED) is 0.390. The summed E-state index contributed by atoms with van der Waals surface area (Å²) in [5.41, 5.74) is 0.225. The van der Waals surface area contributed by atoms with E-state index in [0.29, 0.717) is 5.56 Å². The van der Waals surface area contributed by atoms with Crippen LogP contribution in [0, 0.1) is 18.3 Å². The van der Waals surface area contributed by atoms with Crippen LogP contribution in [-0.4, -0.2) is 21.2 Å². The number of carbonyl (C=O) groups excluding carboxylic acids is 2. The van der Waals surface area contributed by atoms with Gasteiger partial charge in [-0.15, -0.1) is 16.8 Å². The van der Waals surface area contributed by atoms with E-state index in [1.54, 1.807) is 36.4 Å². The van der Waals surface area contributed by atoms with E-state index in [4.69, 9.17) is 0 Å². The number of azo groups is 1. The number of nitrogens with zero attached hydrogens (tertiary/aromatic N) is 4. The van der Waals surface area contributed by atoms with Crippen molar-refractivity contribution >= 4 is 22.9 Å². The van der Waals surface area contributed by atoms with Gasteiger partial charge in [0.1, 0.15) is 11.6 Å². The number of rotatable bonds is 4. The van der Waals surface area contributed by atoms with Crippen LogP contribution in [0.5, 0.6) is 5.88 Å². The molecule has 0 amide bonds. The zero-order chi connectivity index (χ0) is 23.0. The van der Waals surface area contributed by atoms with E-state index >= 15 is 0 Å². The highest BCUT2D eigenvalue weighted by Gasteiger charge is 2.31. The Morgan fingerprint density at radius 2 is 1.69 bits per heavy atom.